The van der Waals surface area contributed by atoms with E-state index in [-0.39, 0.29) is 17.4 Å². The molecule has 3 aromatic carbocycles. The second-order valence-electron chi connectivity index (χ2n) is 9.96. The third-order valence-electron chi connectivity index (χ3n) is 7.41. The van der Waals surface area contributed by atoms with E-state index in [0.29, 0.717) is 35.7 Å². The molecule has 0 aliphatic carbocycles. The third-order valence-corrected chi connectivity index (χ3v) is 7.41. The Morgan fingerprint density at radius 1 is 1.00 bits per heavy atom. The number of carbonyl (C=O) groups excluding carboxylic acids is 2. The van der Waals surface area contributed by atoms with E-state index in [1.807, 2.05) is 73.7 Å². The van der Waals surface area contributed by atoms with Crippen LogP contribution in [0.1, 0.15) is 43.5 Å². The van der Waals surface area contributed by atoms with Crippen LogP contribution < -0.4 is 9.47 Å². The second kappa shape index (κ2) is 11.3. The highest BCUT2D eigenvalue weighted by Gasteiger charge is 2.46. The largest absolute Gasteiger partial charge is 0.507 e. The van der Waals surface area contributed by atoms with Crippen molar-refractivity contribution < 1.29 is 24.2 Å². The van der Waals surface area contributed by atoms with Crippen LogP contribution in [-0.4, -0.2) is 58.9 Å². The Kier molecular flexibility index (Phi) is 7.70. The average molecular weight is 527 g/mol. The zero-order valence-electron chi connectivity index (χ0n) is 22.6. The van der Waals surface area contributed by atoms with Crippen LogP contribution in [0.2, 0.25) is 0 Å². The SMILES string of the molecule is CCN(CC)CCN1C(=O)C(=O)C(=C(O)c2ccc3c(c2)CC(C)O3)C1c1cccc(Oc2ccccc2)c1. The van der Waals surface area contributed by atoms with Crippen molar-refractivity contribution in [2.24, 2.45) is 0 Å². The molecule has 1 amide bonds. The molecule has 1 N–H and O–H groups in total. The van der Waals surface area contributed by atoms with Crippen molar-refractivity contribution in [2.75, 3.05) is 26.2 Å². The van der Waals surface area contributed by atoms with E-state index in [4.69, 9.17) is 9.47 Å². The highest BCUT2D eigenvalue weighted by Crippen LogP contribution is 2.41. The number of likely N-dealkylation sites (tertiary alicyclic amines) is 1. The number of rotatable bonds is 9. The topological polar surface area (TPSA) is 79.3 Å². The van der Waals surface area contributed by atoms with Gasteiger partial charge in [-0.05, 0) is 73.6 Å². The molecule has 0 saturated carbocycles. The number of hydrogen-bond acceptors (Lipinski definition) is 6. The first-order valence-corrected chi connectivity index (χ1v) is 13.5. The van der Waals surface area contributed by atoms with Crippen LogP contribution in [0.25, 0.3) is 5.76 Å². The van der Waals surface area contributed by atoms with Gasteiger partial charge in [0.05, 0.1) is 11.6 Å². The van der Waals surface area contributed by atoms with Gasteiger partial charge in [0, 0.05) is 25.1 Å². The summed E-state index contributed by atoms with van der Waals surface area (Å²) in [5, 5.41) is 11.5. The van der Waals surface area contributed by atoms with Crippen LogP contribution in [0.15, 0.2) is 78.4 Å². The summed E-state index contributed by atoms with van der Waals surface area (Å²) < 4.78 is 11.9. The predicted molar refractivity (Wildman–Crippen MR) is 150 cm³/mol. The van der Waals surface area contributed by atoms with Crippen LogP contribution in [0, 0.1) is 0 Å². The van der Waals surface area contributed by atoms with E-state index >= 15 is 0 Å². The number of likely N-dealkylation sites (N-methyl/N-ethyl adjacent to an activating group) is 1. The van der Waals surface area contributed by atoms with Crippen molar-refractivity contribution in [2.45, 2.75) is 39.3 Å². The molecule has 2 atom stereocenters. The van der Waals surface area contributed by atoms with Gasteiger partial charge in [-0.1, -0.05) is 44.2 Å². The van der Waals surface area contributed by atoms with Gasteiger partial charge in [0.1, 0.15) is 29.1 Å². The summed E-state index contributed by atoms with van der Waals surface area (Å²) in [5.74, 6) is 0.565. The lowest BCUT2D eigenvalue weighted by Gasteiger charge is -2.28. The molecule has 7 nitrogen and oxygen atoms in total. The molecule has 7 heteroatoms. The number of benzene rings is 3. The van der Waals surface area contributed by atoms with Crippen LogP contribution in [0.4, 0.5) is 0 Å². The first-order valence-electron chi connectivity index (χ1n) is 13.5. The van der Waals surface area contributed by atoms with Gasteiger partial charge in [0.25, 0.3) is 11.7 Å². The van der Waals surface area contributed by atoms with Crippen molar-refractivity contribution in [1.82, 2.24) is 9.80 Å². The maximum absolute atomic E-state index is 13.5. The lowest BCUT2D eigenvalue weighted by molar-refractivity contribution is -0.140. The zero-order valence-corrected chi connectivity index (χ0v) is 22.6. The fourth-order valence-corrected chi connectivity index (χ4v) is 5.34. The number of fused-ring (bicyclic) bond motifs is 1. The number of aliphatic hydroxyl groups excluding tert-OH is 1. The number of para-hydroxylation sites is 1. The number of carbonyl (C=O) groups is 2. The molecule has 2 heterocycles. The van der Waals surface area contributed by atoms with Crippen molar-refractivity contribution in [1.29, 1.82) is 0 Å². The van der Waals surface area contributed by atoms with E-state index in [1.54, 1.807) is 11.0 Å². The standard InChI is InChI=1S/C32H34N2O5/c1-4-33(5-2)16-17-34-29(22-10-9-13-26(20-22)39-25-11-7-6-8-12-25)28(31(36)32(34)37)30(35)23-14-15-27-24(19-23)18-21(3)38-27/h6-15,19-21,29,35H,4-5,16-18H2,1-3H3. The van der Waals surface area contributed by atoms with Crippen LogP contribution >= 0.6 is 0 Å². The molecular formula is C32H34N2O5. The highest BCUT2D eigenvalue weighted by molar-refractivity contribution is 6.46. The zero-order chi connectivity index (χ0) is 27.5. The number of aliphatic hydroxyl groups is 1. The Balaban J connectivity index is 1.57. The molecule has 0 spiro atoms. The summed E-state index contributed by atoms with van der Waals surface area (Å²) in [7, 11) is 0. The molecule has 1 saturated heterocycles. The predicted octanol–water partition coefficient (Wildman–Crippen LogP) is 5.57. The maximum atomic E-state index is 13.5. The van der Waals surface area contributed by atoms with Gasteiger partial charge in [-0.2, -0.15) is 0 Å². The summed E-state index contributed by atoms with van der Waals surface area (Å²) >= 11 is 0. The van der Waals surface area contributed by atoms with E-state index in [9.17, 15) is 14.7 Å². The Morgan fingerprint density at radius 2 is 1.74 bits per heavy atom. The number of nitrogens with zero attached hydrogens (tertiary/aromatic N) is 2. The molecule has 39 heavy (non-hydrogen) atoms. The third kappa shape index (κ3) is 5.40. The Morgan fingerprint density at radius 3 is 2.49 bits per heavy atom. The molecule has 202 valence electrons. The Bertz CT molecular complexity index is 1400. The van der Waals surface area contributed by atoms with Gasteiger partial charge in [0.15, 0.2) is 0 Å². The normalized spacial score (nSPS) is 19.8. The molecule has 2 aliphatic rings. The summed E-state index contributed by atoms with van der Waals surface area (Å²) in [5.41, 5.74) is 2.25. The number of hydrogen-bond donors (Lipinski definition) is 1. The van der Waals surface area contributed by atoms with Crippen LogP contribution in [-0.2, 0) is 16.0 Å². The molecule has 0 bridgehead atoms. The highest BCUT2D eigenvalue weighted by atomic mass is 16.5. The molecule has 2 unspecified atom stereocenters. The number of amides is 1. The monoisotopic (exact) mass is 526 g/mol. The van der Waals surface area contributed by atoms with E-state index in [1.165, 1.54) is 0 Å². The Labute approximate surface area is 229 Å². The maximum Gasteiger partial charge on any atom is 0.295 e. The molecule has 0 aromatic heterocycles. The van der Waals surface area contributed by atoms with Crippen molar-refractivity contribution >= 4 is 17.4 Å². The molecule has 3 aromatic rings. The molecule has 0 radical (unpaired) electrons. The number of ketones is 1. The lowest BCUT2D eigenvalue weighted by Crippen LogP contribution is -2.38. The first kappa shape index (κ1) is 26.5. The average Bonchev–Trinajstić information content (AvgIpc) is 3.44. The molecular weight excluding hydrogens is 492 g/mol. The van der Waals surface area contributed by atoms with Gasteiger partial charge >= 0.3 is 0 Å². The summed E-state index contributed by atoms with van der Waals surface area (Å²) in [4.78, 5) is 30.7. The fraction of sp³-hybridized carbons (Fsp3) is 0.312. The molecule has 1 fully saturated rings. The van der Waals surface area contributed by atoms with Gasteiger partial charge in [0.2, 0.25) is 0 Å². The van der Waals surface area contributed by atoms with Crippen LogP contribution in [0.5, 0.6) is 17.2 Å². The summed E-state index contributed by atoms with van der Waals surface area (Å²) in [6.45, 7) is 8.77. The van der Waals surface area contributed by atoms with Crippen molar-refractivity contribution in [3.8, 4) is 17.2 Å². The van der Waals surface area contributed by atoms with Gasteiger partial charge in [-0.25, -0.2) is 0 Å². The van der Waals surface area contributed by atoms with Gasteiger partial charge in [-0.3, -0.25) is 9.59 Å². The minimum absolute atomic E-state index is 0.0513. The van der Waals surface area contributed by atoms with Crippen molar-refractivity contribution in [3.05, 3.63) is 95.1 Å². The lowest BCUT2D eigenvalue weighted by atomic mass is 9.94. The molecule has 5 rings (SSSR count). The number of ether oxygens (including phenoxy) is 2. The first-order chi connectivity index (χ1) is 18.9. The van der Waals surface area contributed by atoms with Gasteiger partial charge < -0.3 is 24.4 Å². The molecule has 2 aliphatic heterocycles. The summed E-state index contributed by atoms with van der Waals surface area (Å²) in [6, 6.07) is 21.5. The van der Waals surface area contributed by atoms with E-state index in [2.05, 4.69) is 18.7 Å². The minimum atomic E-state index is -0.747. The van der Waals surface area contributed by atoms with E-state index in [0.717, 1.165) is 30.8 Å². The van der Waals surface area contributed by atoms with Crippen LogP contribution in [0.3, 0.4) is 0 Å². The van der Waals surface area contributed by atoms with Gasteiger partial charge in [-0.15, -0.1) is 0 Å². The smallest absolute Gasteiger partial charge is 0.295 e. The van der Waals surface area contributed by atoms with Crippen molar-refractivity contribution in [3.63, 3.8) is 0 Å². The Hall–Kier alpha value is -4.10. The second-order valence-corrected chi connectivity index (χ2v) is 9.96. The number of Topliss-reactive ketones (excluding diaryl/α,β-unsaturated/α-hetero) is 1. The quantitative estimate of drug-likeness (QED) is 0.223. The minimum Gasteiger partial charge on any atom is -0.507 e. The fourth-order valence-electron chi connectivity index (χ4n) is 5.34. The van der Waals surface area contributed by atoms with E-state index < -0.39 is 17.7 Å². The summed E-state index contributed by atoms with van der Waals surface area (Å²) in [6.07, 6.45) is 0.771.